The largest absolute Gasteiger partial charge is 0.493 e. The van der Waals surface area contributed by atoms with Crippen LogP contribution in [0.2, 0.25) is 0 Å². The highest BCUT2D eigenvalue weighted by Crippen LogP contribution is 2.22. The number of hydroxylamine groups is 2. The molecule has 1 aromatic carbocycles. The number of rotatable bonds is 5. The zero-order chi connectivity index (χ0) is 18.4. The van der Waals surface area contributed by atoms with Gasteiger partial charge in [0.15, 0.2) is 0 Å². The average Bonchev–Trinajstić information content (AvgIpc) is 2.60. The molecule has 138 valence electrons. The molecule has 0 atom stereocenters. The van der Waals surface area contributed by atoms with E-state index in [4.69, 9.17) is 9.57 Å². The number of esters is 1. The van der Waals surface area contributed by atoms with Crippen molar-refractivity contribution in [2.24, 2.45) is 11.3 Å². The van der Waals surface area contributed by atoms with E-state index in [0.29, 0.717) is 18.1 Å². The third-order valence-corrected chi connectivity index (χ3v) is 4.16. The van der Waals surface area contributed by atoms with Crippen LogP contribution in [0.25, 0.3) is 0 Å². The maximum Gasteiger partial charge on any atom is 0.337 e. The SMILES string of the molecule is COC(=O)c1ccc(OCC2CCN(OC(=O)C(C)(C)C)CC2)cc1. The summed E-state index contributed by atoms with van der Waals surface area (Å²) < 4.78 is 10.5. The minimum Gasteiger partial charge on any atom is -0.493 e. The summed E-state index contributed by atoms with van der Waals surface area (Å²) in [7, 11) is 1.36. The maximum absolute atomic E-state index is 11.9. The van der Waals surface area contributed by atoms with Crippen molar-refractivity contribution in [2.75, 3.05) is 26.8 Å². The topological polar surface area (TPSA) is 65.1 Å². The summed E-state index contributed by atoms with van der Waals surface area (Å²) in [6.07, 6.45) is 1.83. The Bertz CT molecular complexity index is 583. The standard InChI is InChI=1S/C19H27NO5/c1-19(2,3)18(22)25-20-11-9-14(10-12-20)13-24-16-7-5-15(6-8-16)17(21)23-4/h5-8,14H,9-13H2,1-4H3. The number of methoxy groups -OCH3 is 1. The van der Waals surface area contributed by atoms with E-state index in [1.165, 1.54) is 7.11 Å². The van der Waals surface area contributed by atoms with Gasteiger partial charge in [0.25, 0.3) is 0 Å². The van der Waals surface area contributed by atoms with Crippen molar-refractivity contribution >= 4 is 11.9 Å². The molecule has 1 saturated heterocycles. The number of nitrogens with zero attached hydrogens (tertiary/aromatic N) is 1. The lowest BCUT2D eigenvalue weighted by molar-refractivity contribution is -0.206. The molecule has 0 aliphatic carbocycles. The van der Waals surface area contributed by atoms with Gasteiger partial charge in [-0.3, -0.25) is 0 Å². The zero-order valence-electron chi connectivity index (χ0n) is 15.4. The molecule has 1 heterocycles. The Morgan fingerprint density at radius 2 is 1.72 bits per heavy atom. The third-order valence-electron chi connectivity index (χ3n) is 4.16. The lowest BCUT2D eigenvalue weighted by Crippen LogP contribution is -2.39. The van der Waals surface area contributed by atoms with Crippen LogP contribution < -0.4 is 4.74 Å². The van der Waals surface area contributed by atoms with Crippen LogP contribution in [0.15, 0.2) is 24.3 Å². The minimum atomic E-state index is -0.490. The van der Waals surface area contributed by atoms with Gasteiger partial charge in [0.2, 0.25) is 0 Å². The molecule has 0 radical (unpaired) electrons. The second kappa shape index (κ2) is 8.34. The molecule has 0 aromatic heterocycles. The summed E-state index contributed by atoms with van der Waals surface area (Å²) in [5.41, 5.74) is 0.0138. The molecule has 6 nitrogen and oxygen atoms in total. The summed E-state index contributed by atoms with van der Waals surface area (Å²) in [4.78, 5) is 28.7. The molecule has 0 spiro atoms. The Hall–Kier alpha value is -2.08. The van der Waals surface area contributed by atoms with E-state index in [2.05, 4.69) is 4.74 Å². The first-order valence-electron chi connectivity index (χ1n) is 8.58. The maximum atomic E-state index is 11.9. The number of ether oxygens (including phenoxy) is 2. The monoisotopic (exact) mass is 349 g/mol. The van der Waals surface area contributed by atoms with E-state index in [9.17, 15) is 9.59 Å². The highest BCUT2D eigenvalue weighted by molar-refractivity contribution is 5.89. The van der Waals surface area contributed by atoms with E-state index in [-0.39, 0.29) is 11.9 Å². The quantitative estimate of drug-likeness (QED) is 0.761. The summed E-state index contributed by atoms with van der Waals surface area (Å²) in [5.74, 6) is 0.593. The van der Waals surface area contributed by atoms with Gasteiger partial charge in [-0.05, 0) is 63.8 Å². The molecule has 2 rings (SSSR count). The van der Waals surface area contributed by atoms with E-state index in [0.717, 1.165) is 31.7 Å². The molecule has 0 N–H and O–H groups in total. The molecule has 0 bridgehead atoms. The molecule has 25 heavy (non-hydrogen) atoms. The van der Waals surface area contributed by atoms with Crippen LogP contribution in [-0.2, 0) is 14.4 Å². The summed E-state index contributed by atoms with van der Waals surface area (Å²) in [6.45, 7) is 7.59. The molecular weight excluding hydrogens is 322 g/mol. The normalized spacial score (nSPS) is 16.3. The van der Waals surface area contributed by atoms with Gasteiger partial charge in [-0.2, -0.15) is 0 Å². The predicted molar refractivity (Wildman–Crippen MR) is 93.1 cm³/mol. The summed E-state index contributed by atoms with van der Waals surface area (Å²) in [5, 5.41) is 1.75. The Balaban J connectivity index is 1.73. The van der Waals surface area contributed by atoms with Crippen LogP contribution in [0.4, 0.5) is 0 Å². The van der Waals surface area contributed by atoms with Crippen molar-refractivity contribution in [3.63, 3.8) is 0 Å². The lowest BCUT2D eigenvalue weighted by Gasteiger charge is -2.32. The van der Waals surface area contributed by atoms with Gasteiger partial charge >= 0.3 is 11.9 Å². The van der Waals surface area contributed by atoms with Crippen molar-refractivity contribution in [2.45, 2.75) is 33.6 Å². The van der Waals surface area contributed by atoms with Crippen LogP contribution in [0, 0.1) is 11.3 Å². The average molecular weight is 349 g/mol. The van der Waals surface area contributed by atoms with E-state index in [1.54, 1.807) is 29.3 Å². The summed E-state index contributed by atoms with van der Waals surface area (Å²) in [6, 6.07) is 6.92. The Morgan fingerprint density at radius 3 is 2.24 bits per heavy atom. The first kappa shape index (κ1) is 19.2. The van der Waals surface area contributed by atoms with Crippen LogP contribution >= 0.6 is 0 Å². The molecule has 1 aliphatic heterocycles. The Labute approximate surface area is 149 Å². The van der Waals surface area contributed by atoms with E-state index in [1.807, 2.05) is 20.8 Å². The third kappa shape index (κ3) is 5.74. The van der Waals surface area contributed by atoms with Crippen molar-refractivity contribution in [1.29, 1.82) is 0 Å². The molecule has 1 aliphatic rings. The number of hydrogen-bond donors (Lipinski definition) is 0. The fourth-order valence-electron chi connectivity index (χ4n) is 2.44. The van der Waals surface area contributed by atoms with Crippen LogP contribution in [0.5, 0.6) is 5.75 Å². The molecule has 0 saturated carbocycles. The van der Waals surface area contributed by atoms with Crippen LogP contribution in [-0.4, -0.2) is 43.8 Å². The molecule has 0 unspecified atom stereocenters. The van der Waals surface area contributed by atoms with Crippen LogP contribution in [0.1, 0.15) is 44.0 Å². The molecule has 6 heteroatoms. The number of carbonyl (C=O) groups excluding carboxylic acids is 2. The Kier molecular flexibility index (Phi) is 6.42. The number of hydrogen-bond acceptors (Lipinski definition) is 6. The van der Waals surface area contributed by atoms with Crippen molar-refractivity contribution in [1.82, 2.24) is 5.06 Å². The van der Waals surface area contributed by atoms with Gasteiger partial charge in [0, 0.05) is 13.1 Å². The van der Waals surface area contributed by atoms with Crippen molar-refractivity contribution in [3.8, 4) is 5.75 Å². The molecule has 1 fully saturated rings. The van der Waals surface area contributed by atoms with Crippen molar-refractivity contribution < 1.29 is 23.9 Å². The highest BCUT2D eigenvalue weighted by Gasteiger charge is 2.28. The van der Waals surface area contributed by atoms with E-state index >= 15 is 0 Å². The first-order chi connectivity index (χ1) is 11.8. The first-order valence-corrected chi connectivity index (χ1v) is 8.58. The van der Waals surface area contributed by atoms with Crippen LogP contribution in [0.3, 0.4) is 0 Å². The second-order valence-corrected chi connectivity index (χ2v) is 7.33. The van der Waals surface area contributed by atoms with Gasteiger partial charge < -0.3 is 14.3 Å². The minimum absolute atomic E-state index is 0.201. The molecule has 1 aromatic rings. The smallest absolute Gasteiger partial charge is 0.337 e. The van der Waals surface area contributed by atoms with Gasteiger partial charge in [-0.15, -0.1) is 5.06 Å². The Morgan fingerprint density at radius 1 is 1.12 bits per heavy atom. The van der Waals surface area contributed by atoms with E-state index < -0.39 is 5.41 Å². The van der Waals surface area contributed by atoms with Gasteiger partial charge in [-0.1, -0.05) is 0 Å². The second-order valence-electron chi connectivity index (χ2n) is 7.33. The highest BCUT2D eigenvalue weighted by atomic mass is 16.7. The molecule has 0 amide bonds. The van der Waals surface area contributed by atoms with Gasteiger partial charge in [0.1, 0.15) is 5.75 Å². The summed E-state index contributed by atoms with van der Waals surface area (Å²) >= 11 is 0. The number of benzene rings is 1. The van der Waals surface area contributed by atoms with Gasteiger partial charge in [-0.25, -0.2) is 9.59 Å². The number of carbonyl (C=O) groups is 2. The number of piperidine rings is 1. The fraction of sp³-hybridized carbons (Fsp3) is 0.579. The van der Waals surface area contributed by atoms with Gasteiger partial charge in [0.05, 0.1) is 24.7 Å². The molecular formula is C19H27NO5. The fourth-order valence-corrected chi connectivity index (χ4v) is 2.44. The van der Waals surface area contributed by atoms with Crippen molar-refractivity contribution in [3.05, 3.63) is 29.8 Å². The zero-order valence-corrected chi connectivity index (χ0v) is 15.4. The lowest BCUT2D eigenvalue weighted by atomic mass is 9.97. The predicted octanol–water partition coefficient (Wildman–Crippen LogP) is 3.07.